The Balaban J connectivity index is 4.02. The van der Waals surface area contributed by atoms with Crippen LogP contribution in [-0.4, -0.2) is 23.1 Å². The summed E-state index contributed by atoms with van der Waals surface area (Å²) in [6.45, 7) is 4.50. The molecule has 1 unspecified atom stereocenters. The summed E-state index contributed by atoms with van der Waals surface area (Å²) in [4.78, 5) is 23.2. The van der Waals surface area contributed by atoms with Crippen LogP contribution < -0.4 is 0 Å². The molecule has 0 aliphatic heterocycles. The van der Waals surface area contributed by atoms with Crippen LogP contribution in [-0.2, 0) is 14.3 Å². The van der Waals surface area contributed by atoms with E-state index in [-0.39, 0.29) is 18.5 Å². The number of carboxylic acid groups (broad SMARTS) is 1. The Morgan fingerprint density at radius 3 is 1.46 bits per heavy atom. The Morgan fingerprint density at radius 1 is 0.538 bits per heavy atom. The Bertz CT molecular complexity index is 557. The minimum absolute atomic E-state index is 0.0184. The zero-order valence-electron chi connectivity index (χ0n) is 26.2. The largest absolute Gasteiger partial charge is 0.481 e. The van der Waals surface area contributed by atoms with Crippen molar-refractivity contribution in [2.75, 3.05) is 0 Å². The number of carboxylic acids is 1. The van der Waals surface area contributed by atoms with Gasteiger partial charge >= 0.3 is 11.9 Å². The molecule has 0 aliphatic rings. The highest BCUT2D eigenvalue weighted by atomic mass is 16.5. The van der Waals surface area contributed by atoms with Crippen molar-refractivity contribution in [3.05, 3.63) is 12.2 Å². The number of carbonyl (C=O) groups is 2. The second kappa shape index (κ2) is 31.2. The first kappa shape index (κ1) is 37.7. The summed E-state index contributed by atoms with van der Waals surface area (Å²) in [6.07, 6.45) is 36.4. The number of allylic oxidation sites excluding steroid dienone is 2. The van der Waals surface area contributed by atoms with Gasteiger partial charge in [-0.2, -0.15) is 0 Å². The van der Waals surface area contributed by atoms with Crippen LogP contribution in [0.2, 0.25) is 0 Å². The summed E-state index contributed by atoms with van der Waals surface area (Å²) >= 11 is 0. The minimum Gasteiger partial charge on any atom is -0.481 e. The monoisotopic (exact) mass is 550 g/mol. The highest BCUT2D eigenvalue weighted by Crippen LogP contribution is 2.18. The molecule has 1 N–H and O–H groups in total. The predicted octanol–water partition coefficient (Wildman–Crippen LogP) is 11.5. The Morgan fingerprint density at radius 2 is 0.949 bits per heavy atom. The molecule has 230 valence electrons. The quantitative estimate of drug-likeness (QED) is 0.0529. The number of ether oxygens (including phenoxy) is 1. The van der Waals surface area contributed by atoms with Crippen LogP contribution in [0.4, 0.5) is 0 Å². The van der Waals surface area contributed by atoms with Gasteiger partial charge < -0.3 is 9.84 Å². The topological polar surface area (TPSA) is 63.6 Å². The molecule has 0 bridgehead atoms. The molecule has 0 amide bonds. The maximum absolute atomic E-state index is 12.5. The third-order valence-electron chi connectivity index (χ3n) is 7.74. The highest BCUT2D eigenvalue weighted by molar-refractivity contribution is 5.69. The van der Waals surface area contributed by atoms with E-state index >= 15 is 0 Å². The van der Waals surface area contributed by atoms with Gasteiger partial charge in [-0.15, -0.1) is 0 Å². The van der Waals surface area contributed by atoms with Crippen LogP contribution in [0.5, 0.6) is 0 Å². The number of hydrogen-bond acceptors (Lipinski definition) is 3. The molecular weight excluding hydrogens is 484 g/mol. The summed E-state index contributed by atoms with van der Waals surface area (Å²) in [6, 6.07) is 0. The van der Waals surface area contributed by atoms with Crippen LogP contribution in [0, 0.1) is 0 Å². The van der Waals surface area contributed by atoms with Crippen molar-refractivity contribution >= 4 is 11.9 Å². The second-order valence-electron chi connectivity index (χ2n) is 11.7. The molecule has 0 saturated heterocycles. The number of esters is 1. The van der Waals surface area contributed by atoms with Crippen molar-refractivity contribution in [2.45, 2.75) is 200 Å². The summed E-state index contributed by atoms with van der Waals surface area (Å²) < 4.78 is 5.94. The summed E-state index contributed by atoms with van der Waals surface area (Å²) in [5.41, 5.74) is 0. The van der Waals surface area contributed by atoms with Crippen molar-refractivity contribution in [3.8, 4) is 0 Å². The normalized spacial score (nSPS) is 12.3. The van der Waals surface area contributed by atoms with Crippen LogP contribution in [0.1, 0.15) is 194 Å². The molecule has 0 aromatic rings. The molecule has 0 heterocycles. The van der Waals surface area contributed by atoms with Gasteiger partial charge in [-0.25, -0.2) is 0 Å². The molecule has 0 aromatic carbocycles. The van der Waals surface area contributed by atoms with E-state index in [1.807, 2.05) is 0 Å². The second-order valence-corrected chi connectivity index (χ2v) is 11.7. The van der Waals surface area contributed by atoms with Gasteiger partial charge in [0.2, 0.25) is 0 Å². The first-order valence-electron chi connectivity index (χ1n) is 17.2. The van der Waals surface area contributed by atoms with Gasteiger partial charge in [0, 0.05) is 12.8 Å². The van der Waals surface area contributed by atoms with Crippen LogP contribution in [0.25, 0.3) is 0 Å². The fourth-order valence-corrected chi connectivity index (χ4v) is 5.16. The fourth-order valence-electron chi connectivity index (χ4n) is 5.16. The first-order chi connectivity index (χ1) is 19.1. The Kier molecular flexibility index (Phi) is 30.2. The minimum atomic E-state index is -0.710. The predicted molar refractivity (Wildman–Crippen MR) is 167 cm³/mol. The molecule has 4 heteroatoms. The lowest BCUT2D eigenvalue weighted by Crippen LogP contribution is -2.18. The molecule has 1 atom stereocenters. The molecule has 0 spiro atoms. The molecule has 4 nitrogen and oxygen atoms in total. The Labute approximate surface area is 243 Å². The molecule has 0 saturated carbocycles. The number of aliphatic carboxylic acids is 1. The number of carbonyl (C=O) groups excluding carboxylic acids is 1. The maximum atomic E-state index is 12.5. The molecule has 0 rings (SSSR count). The molecule has 0 radical (unpaired) electrons. The van der Waals surface area contributed by atoms with Crippen LogP contribution in [0.15, 0.2) is 12.2 Å². The van der Waals surface area contributed by atoms with E-state index in [1.165, 1.54) is 109 Å². The molecule has 39 heavy (non-hydrogen) atoms. The number of unbranched alkanes of at least 4 members (excludes halogenated alkanes) is 20. The van der Waals surface area contributed by atoms with Crippen molar-refractivity contribution in [1.82, 2.24) is 0 Å². The van der Waals surface area contributed by atoms with E-state index in [2.05, 4.69) is 26.0 Å². The van der Waals surface area contributed by atoms with Gasteiger partial charge in [-0.1, -0.05) is 135 Å². The average molecular weight is 551 g/mol. The number of hydrogen-bond donors (Lipinski definition) is 1. The van der Waals surface area contributed by atoms with E-state index in [1.54, 1.807) is 0 Å². The zero-order valence-corrected chi connectivity index (χ0v) is 26.2. The lowest BCUT2D eigenvalue weighted by molar-refractivity contribution is -0.150. The lowest BCUT2D eigenvalue weighted by Gasteiger charge is -2.18. The maximum Gasteiger partial charge on any atom is 0.306 e. The third kappa shape index (κ3) is 31.1. The van der Waals surface area contributed by atoms with E-state index in [4.69, 9.17) is 9.84 Å². The van der Waals surface area contributed by atoms with Gasteiger partial charge in [0.1, 0.15) is 6.10 Å². The molecule has 0 aliphatic carbocycles. The van der Waals surface area contributed by atoms with E-state index in [0.717, 1.165) is 57.8 Å². The van der Waals surface area contributed by atoms with Crippen molar-refractivity contribution in [3.63, 3.8) is 0 Å². The summed E-state index contributed by atoms with van der Waals surface area (Å²) in [5, 5.41) is 8.81. The molecule has 0 fully saturated rings. The van der Waals surface area contributed by atoms with E-state index < -0.39 is 5.97 Å². The Hall–Kier alpha value is -1.32. The molecular formula is C35H66O4. The van der Waals surface area contributed by atoms with Crippen molar-refractivity contribution < 1.29 is 19.4 Å². The first-order valence-corrected chi connectivity index (χ1v) is 17.2. The SMILES string of the molecule is CCCC/C=C\CCCCCCCCC(=O)OC(CCCCCCCCCCCC)CCCCCCC(=O)O. The van der Waals surface area contributed by atoms with Gasteiger partial charge in [-0.05, 0) is 57.8 Å². The standard InChI is InChI=1S/C35H66O4/c1-3-5-7-9-11-13-15-16-18-20-22-28-32-35(38)39-33(30-26-23-24-27-31-34(36)37)29-25-21-19-17-14-12-10-8-6-4-2/h9,11,33H,3-8,10,12-32H2,1-2H3,(H,36,37)/b11-9-. The molecule has 0 aromatic heterocycles. The summed E-state index contributed by atoms with van der Waals surface area (Å²) in [5.74, 6) is -0.729. The van der Waals surface area contributed by atoms with Crippen molar-refractivity contribution in [1.29, 1.82) is 0 Å². The van der Waals surface area contributed by atoms with Gasteiger partial charge in [-0.3, -0.25) is 9.59 Å². The van der Waals surface area contributed by atoms with Crippen LogP contribution in [0.3, 0.4) is 0 Å². The van der Waals surface area contributed by atoms with Crippen LogP contribution >= 0.6 is 0 Å². The number of rotatable bonds is 31. The highest BCUT2D eigenvalue weighted by Gasteiger charge is 2.14. The van der Waals surface area contributed by atoms with Gasteiger partial charge in [0.15, 0.2) is 0 Å². The van der Waals surface area contributed by atoms with Crippen molar-refractivity contribution in [2.24, 2.45) is 0 Å². The lowest BCUT2D eigenvalue weighted by atomic mass is 10.0. The third-order valence-corrected chi connectivity index (χ3v) is 7.74. The fraction of sp³-hybridized carbons (Fsp3) is 0.886. The summed E-state index contributed by atoms with van der Waals surface area (Å²) in [7, 11) is 0. The van der Waals surface area contributed by atoms with Gasteiger partial charge in [0.05, 0.1) is 0 Å². The zero-order chi connectivity index (χ0) is 28.7. The average Bonchev–Trinajstić information content (AvgIpc) is 2.91. The van der Waals surface area contributed by atoms with E-state index in [0.29, 0.717) is 6.42 Å². The van der Waals surface area contributed by atoms with Gasteiger partial charge in [0.25, 0.3) is 0 Å². The smallest absolute Gasteiger partial charge is 0.306 e. The van der Waals surface area contributed by atoms with E-state index in [9.17, 15) is 9.59 Å².